The molecule has 20 heavy (non-hydrogen) atoms. The number of urea groups is 1. The quantitative estimate of drug-likeness (QED) is 0.848. The molecule has 3 unspecified atom stereocenters. The van der Waals surface area contributed by atoms with Gasteiger partial charge in [0.15, 0.2) is 0 Å². The van der Waals surface area contributed by atoms with Gasteiger partial charge in [0.05, 0.1) is 0 Å². The number of piperidine rings is 1. The molecule has 0 bridgehead atoms. The van der Waals surface area contributed by atoms with Gasteiger partial charge < -0.3 is 14.9 Å². The summed E-state index contributed by atoms with van der Waals surface area (Å²) in [5, 5.41) is 9.34. The molecule has 3 atom stereocenters. The predicted molar refractivity (Wildman–Crippen MR) is 78.6 cm³/mol. The number of carboxylic acid groups (broad SMARTS) is 1. The van der Waals surface area contributed by atoms with Crippen molar-refractivity contribution in [1.29, 1.82) is 0 Å². The fraction of sp³-hybridized carbons (Fsp3) is 0.867. The minimum absolute atomic E-state index is 0.0355. The van der Waals surface area contributed by atoms with E-state index in [2.05, 4.69) is 20.8 Å². The fourth-order valence-corrected chi connectivity index (χ4v) is 2.55. The van der Waals surface area contributed by atoms with Gasteiger partial charge in [-0.3, -0.25) is 0 Å². The van der Waals surface area contributed by atoms with Crippen molar-refractivity contribution < 1.29 is 14.7 Å². The van der Waals surface area contributed by atoms with Crippen LogP contribution in [0.1, 0.15) is 47.5 Å². The van der Waals surface area contributed by atoms with Gasteiger partial charge in [0.25, 0.3) is 0 Å². The molecule has 1 fully saturated rings. The number of aliphatic carboxylic acids is 1. The first-order valence-corrected chi connectivity index (χ1v) is 7.32. The number of likely N-dealkylation sites (tertiary alicyclic amines) is 1. The third-order valence-electron chi connectivity index (χ3n) is 4.53. The Morgan fingerprint density at radius 1 is 1.35 bits per heavy atom. The van der Waals surface area contributed by atoms with Crippen LogP contribution in [0.25, 0.3) is 0 Å². The second-order valence-corrected chi connectivity index (χ2v) is 7.11. The van der Waals surface area contributed by atoms with E-state index in [1.165, 1.54) is 4.90 Å². The van der Waals surface area contributed by atoms with Crippen LogP contribution in [-0.4, -0.2) is 52.6 Å². The Kier molecular flexibility index (Phi) is 5.05. The molecule has 116 valence electrons. The third kappa shape index (κ3) is 3.64. The minimum Gasteiger partial charge on any atom is -0.480 e. The second-order valence-electron chi connectivity index (χ2n) is 7.11. The lowest BCUT2D eigenvalue weighted by atomic mass is 9.87. The monoisotopic (exact) mass is 284 g/mol. The molecule has 0 aromatic heterocycles. The van der Waals surface area contributed by atoms with Crippen LogP contribution in [0.15, 0.2) is 0 Å². The van der Waals surface area contributed by atoms with Crippen LogP contribution in [0.4, 0.5) is 4.79 Å². The Bertz CT molecular complexity index is 376. The van der Waals surface area contributed by atoms with Crippen LogP contribution in [0.2, 0.25) is 0 Å². The zero-order chi connectivity index (χ0) is 15.7. The molecule has 1 heterocycles. The number of hydrogen-bond acceptors (Lipinski definition) is 2. The summed E-state index contributed by atoms with van der Waals surface area (Å²) in [5.74, 6) is -0.549. The van der Waals surface area contributed by atoms with Crippen LogP contribution in [0, 0.1) is 11.3 Å². The zero-order valence-corrected chi connectivity index (χ0v) is 13.5. The number of carboxylic acids is 1. The lowest BCUT2D eigenvalue weighted by Gasteiger charge is -2.42. The molecule has 0 aliphatic carbocycles. The molecule has 1 rings (SSSR count). The van der Waals surface area contributed by atoms with Crippen molar-refractivity contribution in [1.82, 2.24) is 9.80 Å². The first-order chi connectivity index (χ1) is 9.05. The number of hydrogen-bond donors (Lipinski definition) is 1. The second kappa shape index (κ2) is 6.02. The van der Waals surface area contributed by atoms with Gasteiger partial charge in [-0.2, -0.15) is 0 Å². The van der Waals surface area contributed by atoms with E-state index in [4.69, 9.17) is 0 Å². The van der Waals surface area contributed by atoms with Crippen molar-refractivity contribution in [2.45, 2.75) is 59.5 Å². The van der Waals surface area contributed by atoms with Gasteiger partial charge >= 0.3 is 12.0 Å². The van der Waals surface area contributed by atoms with E-state index in [-0.39, 0.29) is 17.5 Å². The van der Waals surface area contributed by atoms with Crippen molar-refractivity contribution in [3.05, 3.63) is 0 Å². The van der Waals surface area contributed by atoms with Gasteiger partial charge in [-0.1, -0.05) is 27.7 Å². The summed E-state index contributed by atoms with van der Waals surface area (Å²) >= 11 is 0. The molecule has 1 aliphatic heterocycles. The first kappa shape index (κ1) is 16.8. The molecule has 0 radical (unpaired) electrons. The van der Waals surface area contributed by atoms with Gasteiger partial charge in [0, 0.05) is 19.6 Å². The number of rotatable bonds is 2. The Balaban J connectivity index is 2.86. The van der Waals surface area contributed by atoms with E-state index in [1.54, 1.807) is 11.9 Å². The SMILES string of the molecule is CC1CCN(C(=O)N(C)C(C)C(C)(C)C)C(C(=O)O)C1. The maximum Gasteiger partial charge on any atom is 0.326 e. The fourth-order valence-electron chi connectivity index (χ4n) is 2.55. The van der Waals surface area contributed by atoms with E-state index < -0.39 is 12.0 Å². The summed E-state index contributed by atoms with van der Waals surface area (Å²) in [6.07, 6.45) is 1.41. The molecular weight excluding hydrogens is 256 g/mol. The minimum atomic E-state index is -0.901. The summed E-state index contributed by atoms with van der Waals surface area (Å²) in [5.41, 5.74) is -0.0355. The molecule has 2 amide bonds. The Hall–Kier alpha value is -1.26. The maximum absolute atomic E-state index is 12.6. The van der Waals surface area contributed by atoms with Crippen molar-refractivity contribution in [2.24, 2.45) is 11.3 Å². The van der Waals surface area contributed by atoms with Gasteiger partial charge in [0.1, 0.15) is 6.04 Å². The summed E-state index contributed by atoms with van der Waals surface area (Å²) in [6, 6.07) is -0.823. The van der Waals surface area contributed by atoms with Crippen LogP contribution >= 0.6 is 0 Å². The highest BCUT2D eigenvalue weighted by Crippen LogP contribution is 2.27. The largest absolute Gasteiger partial charge is 0.480 e. The molecule has 5 nitrogen and oxygen atoms in total. The highest BCUT2D eigenvalue weighted by atomic mass is 16.4. The van der Waals surface area contributed by atoms with Gasteiger partial charge in [-0.25, -0.2) is 9.59 Å². The summed E-state index contributed by atoms with van der Waals surface area (Å²) < 4.78 is 0. The first-order valence-electron chi connectivity index (χ1n) is 7.32. The van der Waals surface area contributed by atoms with Crippen LogP contribution in [-0.2, 0) is 4.79 Å². The predicted octanol–water partition coefficient (Wildman–Crippen LogP) is 2.66. The van der Waals surface area contributed by atoms with Crippen LogP contribution in [0.5, 0.6) is 0 Å². The lowest BCUT2D eigenvalue weighted by Crippen LogP contribution is -2.56. The molecule has 1 saturated heterocycles. The number of carbonyl (C=O) groups is 2. The molecule has 0 saturated carbocycles. The van der Waals surface area contributed by atoms with Crippen molar-refractivity contribution >= 4 is 12.0 Å². The van der Waals surface area contributed by atoms with Crippen molar-refractivity contribution in [3.8, 4) is 0 Å². The molecular formula is C15H28N2O3. The molecule has 5 heteroatoms. The van der Waals surface area contributed by atoms with E-state index in [0.717, 1.165) is 6.42 Å². The maximum atomic E-state index is 12.6. The third-order valence-corrected chi connectivity index (χ3v) is 4.53. The number of nitrogens with zero attached hydrogens (tertiary/aromatic N) is 2. The van der Waals surface area contributed by atoms with E-state index >= 15 is 0 Å². The standard InChI is InChI=1S/C15H28N2O3/c1-10-7-8-17(12(9-10)13(18)19)14(20)16(6)11(2)15(3,4)5/h10-12H,7-9H2,1-6H3,(H,18,19). The molecule has 1 N–H and O–H groups in total. The van der Waals surface area contributed by atoms with Gasteiger partial charge in [-0.15, -0.1) is 0 Å². The van der Waals surface area contributed by atoms with Gasteiger partial charge in [0.2, 0.25) is 0 Å². The molecule has 0 spiro atoms. The van der Waals surface area contributed by atoms with Crippen LogP contribution in [0.3, 0.4) is 0 Å². The topological polar surface area (TPSA) is 60.9 Å². The highest BCUT2D eigenvalue weighted by Gasteiger charge is 2.38. The number of amides is 2. The Labute approximate surface area is 121 Å². The van der Waals surface area contributed by atoms with Gasteiger partial charge in [-0.05, 0) is 31.1 Å². The van der Waals surface area contributed by atoms with Crippen molar-refractivity contribution in [2.75, 3.05) is 13.6 Å². The summed E-state index contributed by atoms with van der Waals surface area (Å²) in [4.78, 5) is 27.2. The molecule has 1 aliphatic rings. The lowest BCUT2D eigenvalue weighted by molar-refractivity contribution is -0.144. The summed E-state index contributed by atoms with van der Waals surface area (Å²) in [7, 11) is 1.76. The molecule has 0 aromatic rings. The molecule has 0 aromatic carbocycles. The Morgan fingerprint density at radius 2 is 1.90 bits per heavy atom. The zero-order valence-electron chi connectivity index (χ0n) is 13.5. The average Bonchev–Trinajstić information content (AvgIpc) is 2.34. The highest BCUT2D eigenvalue weighted by molar-refractivity contribution is 5.83. The Morgan fingerprint density at radius 3 is 2.35 bits per heavy atom. The average molecular weight is 284 g/mol. The smallest absolute Gasteiger partial charge is 0.326 e. The van der Waals surface area contributed by atoms with Crippen molar-refractivity contribution in [3.63, 3.8) is 0 Å². The number of carbonyl (C=O) groups excluding carboxylic acids is 1. The van der Waals surface area contributed by atoms with Crippen LogP contribution < -0.4 is 0 Å². The van der Waals surface area contributed by atoms with E-state index in [0.29, 0.717) is 18.9 Å². The summed E-state index contributed by atoms with van der Waals surface area (Å²) in [6.45, 7) is 10.8. The van der Waals surface area contributed by atoms with E-state index in [1.807, 2.05) is 13.8 Å². The van der Waals surface area contributed by atoms with E-state index in [9.17, 15) is 14.7 Å². The normalized spacial score (nSPS) is 25.2.